The lowest BCUT2D eigenvalue weighted by Gasteiger charge is -2.20. The van der Waals surface area contributed by atoms with Gasteiger partial charge in [0.25, 0.3) is 0 Å². The molecule has 0 amide bonds. The number of rotatable bonds is 5. The van der Waals surface area contributed by atoms with Crippen molar-refractivity contribution in [3.8, 4) is 11.5 Å². The van der Waals surface area contributed by atoms with Crippen LogP contribution in [0.15, 0.2) is 39.9 Å². The SMILES string of the molecule is CN=C(NCCc1ccco1)NCc1cc(Cl)c2c(c1)OCCO2.I. The molecular weight excluding hydrogens is 457 g/mol. The molecule has 8 heteroatoms. The molecule has 2 N–H and O–H groups in total. The maximum Gasteiger partial charge on any atom is 0.191 e. The summed E-state index contributed by atoms with van der Waals surface area (Å²) in [5, 5.41) is 7.06. The number of nitrogens with zero attached hydrogens (tertiary/aromatic N) is 1. The lowest BCUT2D eigenvalue weighted by Crippen LogP contribution is -2.37. The maximum absolute atomic E-state index is 6.25. The number of hydrogen-bond acceptors (Lipinski definition) is 4. The molecule has 0 unspecified atom stereocenters. The van der Waals surface area contributed by atoms with Crippen LogP contribution < -0.4 is 20.1 Å². The van der Waals surface area contributed by atoms with Crippen LogP contribution in [0.2, 0.25) is 5.02 Å². The van der Waals surface area contributed by atoms with Crippen molar-refractivity contribution < 1.29 is 13.9 Å². The number of hydrogen-bond donors (Lipinski definition) is 2. The van der Waals surface area contributed by atoms with Crippen molar-refractivity contribution >= 4 is 41.5 Å². The highest BCUT2D eigenvalue weighted by Crippen LogP contribution is 2.38. The summed E-state index contributed by atoms with van der Waals surface area (Å²) in [7, 11) is 1.74. The molecule has 0 spiro atoms. The zero-order valence-electron chi connectivity index (χ0n) is 13.9. The van der Waals surface area contributed by atoms with Crippen molar-refractivity contribution in [1.82, 2.24) is 10.6 Å². The molecule has 0 saturated carbocycles. The minimum Gasteiger partial charge on any atom is -0.486 e. The summed E-state index contributed by atoms with van der Waals surface area (Å²) in [5.74, 6) is 2.96. The van der Waals surface area contributed by atoms with Gasteiger partial charge in [-0.2, -0.15) is 0 Å². The topological polar surface area (TPSA) is 68.0 Å². The fourth-order valence-corrected chi connectivity index (χ4v) is 2.72. The van der Waals surface area contributed by atoms with Gasteiger partial charge in [-0.3, -0.25) is 4.99 Å². The van der Waals surface area contributed by atoms with E-state index in [0.29, 0.717) is 42.2 Å². The molecule has 0 atom stereocenters. The zero-order valence-corrected chi connectivity index (χ0v) is 17.0. The Bertz CT molecular complexity index is 707. The summed E-state index contributed by atoms with van der Waals surface area (Å²) in [6, 6.07) is 7.64. The first kappa shape index (κ1) is 19.7. The van der Waals surface area contributed by atoms with E-state index in [1.807, 2.05) is 24.3 Å². The van der Waals surface area contributed by atoms with Crippen molar-refractivity contribution in [2.24, 2.45) is 4.99 Å². The monoisotopic (exact) mass is 477 g/mol. The Hall–Kier alpha value is -1.61. The summed E-state index contributed by atoms with van der Waals surface area (Å²) < 4.78 is 16.4. The molecule has 1 aliphatic rings. The second-order valence-corrected chi connectivity index (χ2v) is 5.69. The van der Waals surface area contributed by atoms with Crippen LogP contribution in [0.3, 0.4) is 0 Å². The van der Waals surface area contributed by atoms with Crippen LogP contribution in [0.25, 0.3) is 0 Å². The summed E-state index contributed by atoms with van der Waals surface area (Å²) >= 11 is 6.25. The Balaban J connectivity index is 0.00000225. The van der Waals surface area contributed by atoms with Gasteiger partial charge in [0.2, 0.25) is 0 Å². The highest BCUT2D eigenvalue weighted by molar-refractivity contribution is 14.0. The van der Waals surface area contributed by atoms with Gasteiger partial charge in [0.15, 0.2) is 17.5 Å². The first-order valence-corrected chi connectivity index (χ1v) is 8.19. The second kappa shape index (κ2) is 9.76. The lowest BCUT2D eigenvalue weighted by atomic mass is 10.2. The third-order valence-corrected chi connectivity index (χ3v) is 3.86. The Morgan fingerprint density at radius 3 is 2.84 bits per heavy atom. The molecule has 2 aromatic rings. The Morgan fingerprint density at radius 2 is 2.08 bits per heavy atom. The van der Waals surface area contributed by atoms with E-state index in [4.69, 9.17) is 25.5 Å². The molecule has 1 aromatic heterocycles. The molecule has 2 heterocycles. The van der Waals surface area contributed by atoms with E-state index in [-0.39, 0.29) is 24.0 Å². The second-order valence-electron chi connectivity index (χ2n) is 5.28. The number of aliphatic imine (C=N–C) groups is 1. The van der Waals surface area contributed by atoms with Crippen LogP contribution >= 0.6 is 35.6 Å². The molecule has 0 saturated heterocycles. The van der Waals surface area contributed by atoms with E-state index in [0.717, 1.165) is 24.3 Å². The quantitative estimate of drug-likeness (QED) is 0.393. The summed E-state index contributed by atoms with van der Waals surface area (Å²) in [4.78, 5) is 4.21. The van der Waals surface area contributed by atoms with Gasteiger partial charge < -0.3 is 24.5 Å². The molecule has 0 bridgehead atoms. The fourth-order valence-electron chi connectivity index (χ4n) is 2.43. The number of furan rings is 1. The number of benzene rings is 1. The molecule has 0 radical (unpaired) electrons. The van der Waals surface area contributed by atoms with Crippen LogP contribution in [0.4, 0.5) is 0 Å². The summed E-state index contributed by atoms with van der Waals surface area (Å²) in [6.45, 7) is 2.37. The van der Waals surface area contributed by atoms with Gasteiger partial charge in [0.1, 0.15) is 19.0 Å². The molecule has 6 nitrogen and oxygen atoms in total. The van der Waals surface area contributed by atoms with E-state index < -0.39 is 0 Å². The number of nitrogens with one attached hydrogen (secondary N) is 2. The molecule has 3 rings (SSSR count). The van der Waals surface area contributed by atoms with Crippen LogP contribution in [0, 0.1) is 0 Å². The average Bonchev–Trinajstić information content (AvgIpc) is 3.11. The van der Waals surface area contributed by atoms with Crippen molar-refractivity contribution in [3.05, 3.63) is 46.9 Å². The molecule has 0 fully saturated rings. The number of fused-ring (bicyclic) bond motifs is 1. The van der Waals surface area contributed by atoms with Gasteiger partial charge in [0.05, 0.1) is 11.3 Å². The van der Waals surface area contributed by atoms with Crippen molar-refractivity contribution in [2.45, 2.75) is 13.0 Å². The van der Waals surface area contributed by atoms with Crippen molar-refractivity contribution in [1.29, 1.82) is 0 Å². The number of ether oxygens (including phenoxy) is 2. The van der Waals surface area contributed by atoms with Crippen LogP contribution in [0.5, 0.6) is 11.5 Å². The highest BCUT2D eigenvalue weighted by atomic mass is 127. The van der Waals surface area contributed by atoms with Crippen molar-refractivity contribution in [3.63, 3.8) is 0 Å². The van der Waals surface area contributed by atoms with Crippen LogP contribution in [0.1, 0.15) is 11.3 Å². The smallest absolute Gasteiger partial charge is 0.191 e. The lowest BCUT2D eigenvalue weighted by molar-refractivity contribution is 0.171. The zero-order chi connectivity index (χ0) is 16.8. The molecule has 25 heavy (non-hydrogen) atoms. The predicted molar refractivity (Wildman–Crippen MR) is 108 cm³/mol. The molecular formula is C17H21ClIN3O3. The first-order chi connectivity index (χ1) is 11.8. The Kier molecular flexibility index (Phi) is 7.70. The first-order valence-electron chi connectivity index (χ1n) is 7.81. The minimum atomic E-state index is 0. The molecule has 1 aliphatic heterocycles. The predicted octanol–water partition coefficient (Wildman–Crippen LogP) is 3.23. The van der Waals surface area contributed by atoms with E-state index in [9.17, 15) is 0 Å². The Labute approximate surface area is 169 Å². The maximum atomic E-state index is 6.25. The molecule has 0 aliphatic carbocycles. The van der Waals surface area contributed by atoms with Gasteiger partial charge in [-0.15, -0.1) is 24.0 Å². The van der Waals surface area contributed by atoms with Gasteiger partial charge in [0, 0.05) is 26.6 Å². The number of guanidine groups is 1. The van der Waals surface area contributed by atoms with Crippen molar-refractivity contribution in [2.75, 3.05) is 26.8 Å². The summed E-state index contributed by atoms with van der Waals surface area (Å²) in [5.41, 5.74) is 0.998. The highest BCUT2D eigenvalue weighted by Gasteiger charge is 2.16. The van der Waals surface area contributed by atoms with Gasteiger partial charge in [-0.05, 0) is 29.8 Å². The largest absolute Gasteiger partial charge is 0.486 e. The minimum absolute atomic E-state index is 0. The number of halogens is 2. The molecule has 136 valence electrons. The third-order valence-electron chi connectivity index (χ3n) is 3.58. The van der Waals surface area contributed by atoms with Crippen LogP contribution in [-0.4, -0.2) is 32.8 Å². The van der Waals surface area contributed by atoms with E-state index in [1.165, 1.54) is 0 Å². The summed E-state index contributed by atoms with van der Waals surface area (Å²) in [6.07, 6.45) is 2.47. The van der Waals surface area contributed by atoms with Gasteiger partial charge in [-0.1, -0.05) is 11.6 Å². The molecule has 1 aromatic carbocycles. The third kappa shape index (κ3) is 5.43. The van der Waals surface area contributed by atoms with E-state index in [2.05, 4.69) is 15.6 Å². The van der Waals surface area contributed by atoms with Crippen LogP contribution in [-0.2, 0) is 13.0 Å². The fraction of sp³-hybridized carbons (Fsp3) is 0.353. The Morgan fingerprint density at radius 1 is 1.24 bits per heavy atom. The van der Waals surface area contributed by atoms with E-state index >= 15 is 0 Å². The normalized spacial score (nSPS) is 13.1. The standard InChI is InChI=1S/C17H20ClN3O3.HI/c1-19-17(20-5-4-13-3-2-6-22-13)21-11-12-9-14(18)16-15(10-12)23-7-8-24-16;/h2-3,6,9-10H,4-5,7-8,11H2,1H3,(H2,19,20,21);1H. The van der Waals surface area contributed by atoms with Gasteiger partial charge in [-0.25, -0.2) is 0 Å². The van der Waals surface area contributed by atoms with E-state index in [1.54, 1.807) is 13.3 Å². The average molecular weight is 478 g/mol. The van der Waals surface area contributed by atoms with Gasteiger partial charge >= 0.3 is 0 Å².